The number of nitrogens with zero attached hydrogens (tertiary/aromatic N) is 5. The van der Waals surface area contributed by atoms with Gasteiger partial charge in [-0.3, -0.25) is 14.7 Å². The summed E-state index contributed by atoms with van der Waals surface area (Å²) in [6.07, 6.45) is 4.77. The number of ether oxygens (including phenoxy) is 1. The van der Waals surface area contributed by atoms with Crippen LogP contribution in [0.15, 0.2) is 43.1 Å². The molecule has 0 bridgehead atoms. The summed E-state index contributed by atoms with van der Waals surface area (Å²) in [5.74, 6) is -3.90. The van der Waals surface area contributed by atoms with Crippen LogP contribution in [-0.4, -0.2) is 79.8 Å². The number of piperidine rings is 1. The Morgan fingerprint density at radius 1 is 1.20 bits per heavy atom. The lowest BCUT2D eigenvalue weighted by molar-refractivity contribution is -0.129. The summed E-state index contributed by atoms with van der Waals surface area (Å²) >= 11 is 0. The molecule has 8 nitrogen and oxygen atoms in total. The highest BCUT2D eigenvalue weighted by molar-refractivity contribution is 5.99. The van der Waals surface area contributed by atoms with Gasteiger partial charge in [0.1, 0.15) is 29.7 Å². The van der Waals surface area contributed by atoms with E-state index in [1.54, 1.807) is 4.90 Å². The highest BCUT2D eigenvalue weighted by Gasteiger charge is 2.49. The number of phenols is 1. The van der Waals surface area contributed by atoms with E-state index < -0.39 is 29.2 Å². The topological polar surface area (TPSA) is 91.7 Å². The number of halogens is 4. The van der Waals surface area contributed by atoms with Gasteiger partial charge in [0, 0.05) is 54.0 Å². The van der Waals surface area contributed by atoms with Crippen LogP contribution in [0.4, 0.5) is 17.6 Å². The zero-order valence-corrected chi connectivity index (χ0v) is 25.3. The van der Waals surface area contributed by atoms with Gasteiger partial charge < -0.3 is 14.7 Å². The number of alkyl halides is 1. The molecule has 1 unspecified atom stereocenters. The molecule has 0 radical (unpaired) electrons. The molecule has 46 heavy (non-hydrogen) atoms. The van der Waals surface area contributed by atoms with Gasteiger partial charge in [0.15, 0.2) is 17.5 Å². The second-order valence-electron chi connectivity index (χ2n) is 12.7. The van der Waals surface area contributed by atoms with Crippen LogP contribution in [0.1, 0.15) is 50.6 Å². The molecule has 3 aliphatic rings. The van der Waals surface area contributed by atoms with Crippen molar-refractivity contribution in [3.05, 3.63) is 66.3 Å². The Morgan fingerprint density at radius 3 is 2.80 bits per heavy atom. The zero-order chi connectivity index (χ0) is 32.3. The number of hydrogen-bond donors (Lipinski definition) is 1. The molecule has 4 atom stereocenters. The third-order valence-corrected chi connectivity index (χ3v) is 9.89. The van der Waals surface area contributed by atoms with E-state index in [1.165, 1.54) is 24.4 Å². The lowest BCUT2D eigenvalue weighted by Gasteiger charge is -2.37. The monoisotopic (exact) mass is 635 g/mol. The molecule has 12 heteroatoms. The first-order valence-electron chi connectivity index (χ1n) is 15.5. The molecule has 0 aliphatic carbocycles. The smallest absolute Gasteiger partial charge is 0.317 e. The Labute approximate surface area is 262 Å². The van der Waals surface area contributed by atoms with Crippen molar-refractivity contribution >= 4 is 27.6 Å². The number of rotatable bonds is 6. The molecule has 2 aromatic heterocycles. The van der Waals surface area contributed by atoms with E-state index in [-0.39, 0.29) is 63.8 Å². The molecule has 3 saturated heterocycles. The first-order chi connectivity index (χ1) is 22.1. The van der Waals surface area contributed by atoms with Crippen LogP contribution in [0.5, 0.6) is 11.8 Å². The van der Waals surface area contributed by atoms with Gasteiger partial charge in [-0.1, -0.05) is 12.6 Å². The molecule has 0 saturated carbocycles. The van der Waals surface area contributed by atoms with Gasteiger partial charge >= 0.3 is 6.01 Å². The Bertz CT molecular complexity index is 1890. The van der Waals surface area contributed by atoms with Crippen molar-refractivity contribution in [3.8, 4) is 23.0 Å². The summed E-state index contributed by atoms with van der Waals surface area (Å²) in [7, 11) is 0. The number of likely N-dealkylation sites (tertiary alicyclic amines) is 1. The molecule has 2 aromatic carbocycles. The Hall–Kier alpha value is -4.32. The van der Waals surface area contributed by atoms with Crippen LogP contribution in [0, 0.1) is 17.5 Å². The van der Waals surface area contributed by atoms with Crippen molar-refractivity contribution in [2.45, 2.75) is 62.7 Å². The number of carbonyl (C=O) groups is 1. The predicted octanol–water partition coefficient (Wildman–Crippen LogP) is 6.20. The van der Waals surface area contributed by atoms with E-state index >= 15 is 8.78 Å². The fourth-order valence-corrected chi connectivity index (χ4v) is 7.70. The summed E-state index contributed by atoms with van der Waals surface area (Å²) in [4.78, 5) is 29.8. The zero-order valence-electron chi connectivity index (χ0n) is 25.3. The summed E-state index contributed by atoms with van der Waals surface area (Å²) in [6.45, 7) is 7.19. The standard InChI is InChI=1S/C34H33F4N5O3/c1-3-26(45)43-10-7-20(11-18(43)2)30-24-15-39-31(23-13-22(44)12-19-5-6-25(36)28(37)27(19)23)29(38)32(24)41-33(40-30)46-17-34-8-4-9-42(34)16-21(35)14-34/h3,5-6,12-13,15,18,20-21,44H,1,4,7-11,14,16-17H2,2H3/t18-,20?,21-,34+/m1/s1. The summed E-state index contributed by atoms with van der Waals surface area (Å²) in [5.41, 5.74) is -0.605. The minimum absolute atomic E-state index is 0.0858. The molecule has 4 aromatic rings. The van der Waals surface area contributed by atoms with Gasteiger partial charge in [0.25, 0.3) is 0 Å². The van der Waals surface area contributed by atoms with E-state index in [9.17, 15) is 18.7 Å². The number of fused-ring (bicyclic) bond motifs is 3. The van der Waals surface area contributed by atoms with Gasteiger partial charge in [-0.15, -0.1) is 0 Å². The first-order valence-corrected chi connectivity index (χ1v) is 15.5. The minimum atomic E-state index is -1.20. The number of pyridine rings is 1. The second kappa shape index (κ2) is 11.5. The average Bonchev–Trinajstić information content (AvgIpc) is 3.56. The molecule has 1 amide bonds. The highest BCUT2D eigenvalue weighted by Crippen LogP contribution is 2.42. The van der Waals surface area contributed by atoms with Crippen molar-refractivity contribution in [2.75, 3.05) is 26.2 Å². The molecule has 3 aliphatic heterocycles. The number of carbonyl (C=O) groups excluding carboxylic acids is 1. The number of phenolic OH excluding ortho intramolecular Hbond substituents is 1. The highest BCUT2D eigenvalue weighted by atomic mass is 19.2. The van der Waals surface area contributed by atoms with E-state index in [0.717, 1.165) is 31.5 Å². The summed E-state index contributed by atoms with van der Waals surface area (Å²) in [6, 6.07) is 4.38. The molecule has 3 fully saturated rings. The Morgan fingerprint density at radius 2 is 2.02 bits per heavy atom. The molecular weight excluding hydrogens is 602 g/mol. The quantitative estimate of drug-likeness (QED) is 0.199. The van der Waals surface area contributed by atoms with E-state index in [4.69, 9.17) is 9.72 Å². The van der Waals surface area contributed by atoms with Gasteiger partial charge in [0.05, 0.1) is 11.2 Å². The average molecular weight is 636 g/mol. The van der Waals surface area contributed by atoms with Crippen LogP contribution in [0.3, 0.4) is 0 Å². The molecule has 1 N–H and O–H groups in total. The second-order valence-corrected chi connectivity index (χ2v) is 12.7. The van der Waals surface area contributed by atoms with Gasteiger partial charge in [-0.25, -0.2) is 17.6 Å². The van der Waals surface area contributed by atoms with Gasteiger partial charge in [-0.2, -0.15) is 9.97 Å². The van der Waals surface area contributed by atoms with Crippen LogP contribution >= 0.6 is 0 Å². The number of aromatic nitrogens is 3. The van der Waals surface area contributed by atoms with Crippen LogP contribution in [-0.2, 0) is 4.79 Å². The lowest BCUT2D eigenvalue weighted by Crippen LogP contribution is -2.44. The maximum Gasteiger partial charge on any atom is 0.317 e. The van der Waals surface area contributed by atoms with Crippen LogP contribution < -0.4 is 4.74 Å². The fraction of sp³-hybridized carbons (Fsp3) is 0.412. The third kappa shape index (κ3) is 5.03. The minimum Gasteiger partial charge on any atom is -0.508 e. The lowest BCUT2D eigenvalue weighted by atomic mass is 9.87. The van der Waals surface area contributed by atoms with Crippen molar-refractivity contribution in [1.82, 2.24) is 24.8 Å². The van der Waals surface area contributed by atoms with Crippen molar-refractivity contribution < 1.29 is 32.2 Å². The fourth-order valence-electron chi connectivity index (χ4n) is 7.70. The number of aromatic hydroxyl groups is 1. The van der Waals surface area contributed by atoms with E-state index in [2.05, 4.69) is 21.4 Å². The number of benzene rings is 2. The number of amides is 1. The van der Waals surface area contributed by atoms with Gasteiger partial charge in [0.2, 0.25) is 5.91 Å². The molecule has 240 valence electrons. The van der Waals surface area contributed by atoms with Crippen LogP contribution in [0.25, 0.3) is 32.9 Å². The summed E-state index contributed by atoms with van der Waals surface area (Å²) < 4.78 is 66.7. The molecule has 0 spiro atoms. The maximum absolute atomic E-state index is 16.6. The largest absolute Gasteiger partial charge is 0.508 e. The van der Waals surface area contributed by atoms with Gasteiger partial charge in [-0.05, 0) is 68.8 Å². The summed E-state index contributed by atoms with van der Waals surface area (Å²) in [5, 5.41) is 10.6. The Balaban J connectivity index is 1.35. The van der Waals surface area contributed by atoms with E-state index in [1.807, 2.05) is 6.92 Å². The molecular formula is C34H33F4N5O3. The third-order valence-electron chi connectivity index (χ3n) is 9.89. The van der Waals surface area contributed by atoms with Crippen molar-refractivity contribution in [1.29, 1.82) is 0 Å². The van der Waals surface area contributed by atoms with Crippen LogP contribution in [0.2, 0.25) is 0 Å². The van der Waals surface area contributed by atoms with Crippen molar-refractivity contribution in [3.63, 3.8) is 0 Å². The molecule has 5 heterocycles. The normalized spacial score (nSPS) is 24.9. The van der Waals surface area contributed by atoms with E-state index in [0.29, 0.717) is 43.4 Å². The predicted molar refractivity (Wildman–Crippen MR) is 164 cm³/mol. The maximum atomic E-state index is 16.6. The Kier molecular flexibility index (Phi) is 7.57. The SMILES string of the molecule is C=CC(=O)N1CCC(c2nc(OC[C@@]34CCCN3C[C@H](F)C4)nc3c(F)c(-c4cc(O)cc5ccc(F)c(F)c45)ncc23)C[C@H]1C. The molecule has 7 rings (SSSR count). The first kappa shape index (κ1) is 30.3. The van der Waals surface area contributed by atoms with Crippen molar-refractivity contribution in [2.24, 2.45) is 0 Å². The number of hydrogen-bond acceptors (Lipinski definition) is 7.